The number of benzene rings is 1. The van der Waals surface area contributed by atoms with Crippen LogP contribution in [0.1, 0.15) is 10.4 Å². The summed E-state index contributed by atoms with van der Waals surface area (Å²) in [5.41, 5.74) is 1.30. The predicted octanol–water partition coefficient (Wildman–Crippen LogP) is 4.19. The topological polar surface area (TPSA) is 49.4 Å². The molecule has 1 aromatic carbocycles. The van der Waals surface area contributed by atoms with Crippen molar-refractivity contribution in [3.05, 3.63) is 55.7 Å². The van der Waals surface area contributed by atoms with E-state index in [1.54, 1.807) is 24.3 Å². The fourth-order valence-electron chi connectivity index (χ4n) is 2.20. The highest BCUT2D eigenvalue weighted by Crippen LogP contribution is 2.34. The van der Waals surface area contributed by atoms with Gasteiger partial charge in [0, 0.05) is 4.88 Å². The standard InChI is InChI=1S/C16H10Cl2N2O2S2/c1-8-5-6-24-12(8)7-9-14(21)19-16(23)20(15(9)22)11-4-2-3-10(17)13(11)18/h2-7H,1H3,(H,19,21,23)/b9-7+. The highest BCUT2D eigenvalue weighted by molar-refractivity contribution is 7.80. The Hall–Kier alpha value is -1.73. The van der Waals surface area contributed by atoms with Crippen molar-refractivity contribution < 1.29 is 9.59 Å². The van der Waals surface area contributed by atoms with Crippen molar-refractivity contribution in [1.29, 1.82) is 0 Å². The number of hydrogen-bond donors (Lipinski definition) is 1. The fourth-order valence-corrected chi connectivity index (χ4v) is 3.72. The first-order valence-corrected chi connectivity index (χ1v) is 8.84. The third-order valence-corrected chi connectivity index (χ3v) is 5.51. The molecule has 0 bridgehead atoms. The van der Waals surface area contributed by atoms with Crippen LogP contribution in [0.4, 0.5) is 5.69 Å². The highest BCUT2D eigenvalue weighted by Gasteiger charge is 2.35. The summed E-state index contributed by atoms with van der Waals surface area (Å²) < 4.78 is 0. The van der Waals surface area contributed by atoms with Crippen LogP contribution in [0.25, 0.3) is 6.08 Å². The molecule has 122 valence electrons. The summed E-state index contributed by atoms with van der Waals surface area (Å²) in [6.45, 7) is 1.91. The van der Waals surface area contributed by atoms with Gasteiger partial charge in [-0.3, -0.25) is 19.8 Å². The fraction of sp³-hybridized carbons (Fsp3) is 0.0625. The molecule has 2 aromatic rings. The number of thiophene rings is 1. The maximum absolute atomic E-state index is 12.9. The monoisotopic (exact) mass is 396 g/mol. The number of thiocarbonyl (C=S) groups is 1. The van der Waals surface area contributed by atoms with E-state index in [-0.39, 0.29) is 15.7 Å². The molecule has 0 aliphatic carbocycles. The first kappa shape index (κ1) is 17.1. The summed E-state index contributed by atoms with van der Waals surface area (Å²) in [6, 6.07) is 6.79. The van der Waals surface area contributed by atoms with E-state index in [0.717, 1.165) is 10.4 Å². The summed E-state index contributed by atoms with van der Waals surface area (Å²) in [4.78, 5) is 27.1. The van der Waals surface area contributed by atoms with Gasteiger partial charge in [-0.15, -0.1) is 11.3 Å². The largest absolute Gasteiger partial charge is 0.298 e. The minimum Gasteiger partial charge on any atom is -0.298 e. The van der Waals surface area contributed by atoms with E-state index in [1.165, 1.54) is 16.2 Å². The van der Waals surface area contributed by atoms with Crippen molar-refractivity contribution in [2.75, 3.05) is 4.90 Å². The molecule has 0 radical (unpaired) electrons. The molecule has 1 fully saturated rings. The highest BCUT2D eigenvalue weighted by atomic mass is 35.5. The van der Waals surface area contributed by atoms with Gasteiger partial charge in [0.2, 0.25) is 0 Å². The molecule has 4 nitrogen and oxygen atoms in total. The number of rotatable bonds is 2. The SMILES string of the molecule is Cc1ccsc1/C=C1\C(=O)NC(=S)N(c2cccc(Cl)c2Cl)C1=O. The number of carbonyl (C=O) groups excluding carboxylic acids is 2. The van der Waals surface area contributed by atoms with Crippen LogP contribution in [0, 0.1) is 6.92 Å². The smallest absolute Gasteiger partial charge is 0.270 e. The average Bonchev–Trinajstić information content (AvgIpc) is 2.93. The van der Waals surface area contributed by atoms with Crippen LogP contribution in [-0.4, -0.2) is 16.9 Å². The minimum absolute atomic E-state index is 0.00908. The molecule has 2 amide bonds. The zero-order valence-electron chi connectivity index (χ0n) is 12.3. The van der Waals surface area contributed by atoms with E-state index >= 15 is 0 Å². The minimum atomic E-state index is -0.541. The molecule has 0 atom stereocenters. The Morgan fingerprint density at radius 2 is 2.00 bits per heavy atom. The molecule has 1 aliphatic rings. The lowest BCUT2D eigenvalue weighted by Gasteiger charge is -2.29. The molecule has 2 heterocycles. The van der Waals surface area contributed by atoms with Crippen molar-refractivity contribution in [1.82, 2.24) is 5.32 Å². The quantitative estimate of drug-likeness (QED) is 0.470. The van der Waals surface area contributed by atoms with Crippen molar-refractivity contribution in [3.63, 3.8) is 0 Å². The Morgan fingerprint density at radius 3 is 2.67 bits per heavy atom. The number of amides is 2. The predicted molar refractivity (Wildman–Crippen MR) is 102 cm³/mol. The third-order valence-electron chi connectivity index (χ3n) is 3.45. The number of halogens is 2. The molecule has 1 N–H and O–H groups in total. The molecule has 3 rings (SSSR count). The van der Waals surface area contributed by atoms with Gasteiger partial charge in [0.15, 0.2) is 5.11 Å². The van der Waals surface area contributed by atoms with Gasteiger partial charge in [0.25, 0.3) is 11.8 Å². The first-order chi connectivity index (χ1) is 11.4. The van der Waals surface area contributed by atoms with Crippen LogP contribution >= 0.6 is 46.8 Å². The van der Waals surface area contributed by atoms with Crippen molar-refractivity contribution in [3.8, 4) is 0 Å². The van der Waals surface area contributed by atoms with Crippen LogP contribution in [0.5, 0.6) is 0 Å². The maximum atomic E-state index is 12.9. The van der Waals surface area contributed by atoms with E-state index in [9.17, 15) is 9.59 Å². The Kier molecular flexibility index (Phi) is 4.73. The zero-order chi connectivity index (χ0) is 17.4. The first-order valence-electron chi connectivity index (χ1n) is 6.79. The number of hydrogen-bond acceptors (Lipinski definition) is 4. The Bertz CT molecular complexity index is 905. The number of aryl methyl sites for hydroxylation is 1. The molecule has 0 unspecified atom stereocenters. The summed E-state index contributed by atoms with van der Waals surface area (Å²) in [5.74, 6) is -1.08. The average molecular weight is 397 g/mol. The molecular formula is C16H10Cl2N2O2S2. The van der Waals surface area contributed by atoms with E-state index < -0.39 is 11.8 Å². The molecule has 1 aromatic heterocycles. The summed E-state index contributed by atoms with van der Waals surface area (Å²) in [7, 11) is 0. The normalized spacial score (nSPS) is 16.7. The zero-order valence-corrected chi connectivity index (χ0v) is 15.4. The Morgan fingerprint density at radius 1 is 1.25 bits per heavy atom. The third kappa shape index (κ3) is 2.98. The van der Waals surface area contributed by atoms with E-state index in [0.29, 0.717) is 10.7 Å². The number of nitrogens with one attached hydrogen (secondary N) is 1. The van der Waals surface area contributed by atoms with Crippen molar-refractivity contribution in [2.45, 2.75) is 6.92 Å². The molecule has 24 heavy (non-hydrogen) atoms. The summed E-state index contributed by atoms with van der Waals surface area (Å²) >= 11 is 18.8. The number of carbonyl (C=O) groups is 2. The molecule has 8 heteroatoms. The van der Waals surface area contributed by atoms with Gasteiger partial charge in [0.05, 0.1) is 15.7 Å². The van der Waals surface area contributed by atoms with Crippen LogP contribution in [0.15, 0.2) is 35.2 Å². The number of nitrogens with zero attached hydrogens (tertiary/aromatic N) is 1. The second kappa shape index (κ2) is 6.64. The van der Waals surface area contributed by atoms with Crippen LogP contribution < -0.4 is 10.2 Å². The lowest BCUT2D eigenvalue weighted by atomic mass is 10.1. The van der Waals surface area contributed by atoms with Crippen LogP contribution in [0.2, 0.25) is 10.0 Å². The van der Waals surface area contributed by atoms with Gasteiger partial charge in [-0.05, 0) is 54.4 Å². The lowest BCUT2D eigenvalue weighted by Crippen LogP contribution is -2.54. The van der Waals surface area contributed by atoms with E-state index in [4.69, 9.17) is 35.4 Å². The van der Waals surface area contributed by atoms with Crippen molar-refractivity contribution in [2.24, 2.45) is 0 Å². The lowest BCUT2D eigenvalue weighted by molar-refractivity contribution is -0.122. The van der Waals surface area contributed by atoms with Gasteiger partial charge in [0.1, 0.15) is 5.57 Å². The second-order valence-electron chi connectivity index (χ2n) is 5.00. The molecule has 1 saturated heterocycles. The van der Waals surface area contributed by atoms with E-state index in [1.807, 2.05) is 18.4 Å². The van der Waals surface area contributed by atoms with Gasteiger partial charge < -0.3 is 0 Å². The molecule has 1 aliphatic heterocycles. The van der Waals surface area contributed by atoms with Gasteiger partial charge in [-0.1, -0.05) is 29.3 Å². The van der Waals surface area contributed by atoms with Crippen LogP contribution in [0.3, 0.4) is 0 Å². The van der Waals surface area contributed by atoms with Crippen molar-refractivity contribution >= 4 is 75.4 Å². The molecular weight excluding hydrogens is 387 g/mol. The van der Waals surface area contributed by atoms with Gasteiger partial charge in [-0.25, -0.2) is 0 Å². The number of anilines is 1. The summed E-state index contributed by atoms with van der Waals surface area (Å²) in [6.07, 6.45) is 1.56. The molecule has 0 spiro atoms. The molecule has 0 saturated carbocycles. The van der Waals surface area contributed by atoms with Gasteiger partial charge >= 0.3 is 0 Å². The Balaban J connectivity index is 2.09. The second-order valence-corrected chi connectivity index (χ2v) is 7.12. The van der Waals surface area contributed by atoms with Crippen LogP contribution in [-0.2, 0) is 9.59 Å². The summed E-state index contributed by atoms with van der Waals surface area (Å²) in [5, 5.41) is 4.86. The Labute approximate surface area is 157 Å². The maximum Gasteiger partial charge on any atom is 0.270 e. The van der Waals surface area contributed by atoms with E-state index in [2.05, 4.69) is 5.32 Å². The van der Waals surface area contributed by atoms with Gasteiger partial charge in [-0.2, -0.15) is 0 Å².